The molecule has 1 aromatic carbocycles. The molecule has 1 heterocycles. The minimum Gasteiger partial charge on any atom is -0.382 e. The summed E-state index contributed by atoms with van der Waals surface area (Å²) in [5.74, 6) is 0.857. The molecule has 94 valence electrons. The quantitative estimate of drug-likeness (QED) is 0.809. The first-order valence-electron chi connectivity index (χ1n) is 6.80. The fourth-order valence-electron chi connectivity index (χ4n) is 2.89. The molecule has 1 aliphatic heterocycles. The summed E-state index contributed by atoms with van der Waals surface area (Å²) in [5, 5.41) is 10.4. The number of hydrogen-bond donors (Lipinski definition) is 2. The maximum atomic E-state index is 10.4. The summed E-state index contributed by atoms with van der Waals surface area (Å²) in [4.78, 5) is 1.56. The number of aliphatic hydroxyl groups excluding tert-OH is 1. The lowest BCUT2D eigenvalue weighted by Crippen LogP contribution is -3.14. The number of nitrogens with one attached hydrogen (secondary N) is 1. The number of benzene rings is 1. The van der Waals surface area contributed by atoms with E-state index in [1.807, 2.05) is 30.3 Å². The van der Waals surface area contributed by atoms with Crippen molar-refractivity contribution in [2.24, 2.45) is 5.92 Å². The predicted octanol–water partition coefficient (Wildman–Crippen LogP) is 1.42. The Morgan fingerprint density at radius 1 is 1.35 bits per heavy atom. The molecule has 1 fully saturated rings. The third-order valence-electron chi connectivity index (χ3n) is 4.26. The average Bonchev–Trinajstić information content (AvgIpc) is 2.87. The van der Waals surface area contributed by atoms with Crippen LogP contribution < -0.4 is 4.90 Å². The highest BCUT2D eigenvalue weighted by Gasteiger charge is 2.32. The summed E-state index contributed by atoms with van der Waals surface area (Å²) in [6, 6.07) is 10.3. The third kappa shape index (κ3) is 2.88. The van der Waals surface area contributed by atoms with E-state index in [9.17, 15) is 5.11 Å². The first-order chi connectivity index (χ1) is 8.22. The number of rotatable bonds is 4. The van der Waals surface area contributed by atoms with Gasteiger partial charge in [0.1, 0.15) is 12.1 Å². The molecule has 17 heavy (non-hydrogen) atoms. The van der Waals surface area contributed by atoms with Crippen LogP contribution in [0.25, 0.3) is 0 Å². The van der Waals surface area contributed by atoms with Crippen LogP contribution >= 0.6 is 0 Å². The van der Waals surface area contributed by atoms with E-state index in [0.717, 1.165) is 11.5 Å². The normalized spacial score (nSPS) is 27.9. The predicted molar refractivity (Wildman–Crippen MR) is 70.0 cm³/mol. The smallest absolute Gasteiger partial charge is 0.130 e. The van der Waals surface area contributed by atoms with Gasteiger partial charge >= 0.3 is 0 Å². The summed E-state index contributed by atoms with van der Waals surface area (Å²) >= 11 is 0. The maximum absolute atomic E-state index is 10.4. The van der Waals surface area contributed by atoms with Crippen molar-refractivity contribution in [1.29, 1.82) is 0 Å². The van der Waals surface area contributed by atoms with Crippen LogP contribution in [0.1, 0.15) is 38.4 Å². The zero-order chi connectivity index (χ0) is 12.3. The Balaban J connectivity index is 1.98. The highest BCUT2D eigenvalue weighted by atomic mass is 16.3. The molecule has 1 unspecified atom stereocenters. The Bertz CT molecular complexity index is 338. The molecule has 1 aromatic rings. The Kier molecular flexibility index (Phi) is 4.19. The van der Waals surface area contributed by atoms with Crippen molar-refractivity contribution in [2.45, 2.75) is 38.8 Å². The molecule has 0 aromatic heterocycles. The first-order valence-corrected chi connectivity index (χ1v) is 6.80. The molecule has 1 saturated heterocycles. The summed E-state index contributed by atoms with van der Waals surface area (Å²) < 4.78 is 0. The van der Waals surface area contributed by atoms with Gasteiger partial charge in [0.05, 0.1) is 13.1 Å². The SMILES string of the molecule is CC[C@@H]1CC[NH+]([C@@H](C)[C@H](O)c2ccccc2)C1. The summed E-state index contributed by atoms with van der Waals surface area (Å²) in [7, 11) is 0. The van der Waals surface area contributed by atoms with E-state index in [2.05, 4.69) is 13.8 Å². The van der Waals surface area contributed by atoms with Crippen LogP contribution in [0.2, 0.25) is 0 Å². The fraction of sp³-hybridized carbons (Fsp3) is 0.600. The van der Waals surface area contributed by atoms with E-state index in [1.54, 1.807) is 4.90 Å². The van der Waals surface area contributed by atoms with Gasteiger partial charge in [-0.3, -0.25) is 0 Å². The van der Waals surface area contributed by atoms with Crippen molar-refractivity contribution in [2.75, 3.05) is 13.1 Å². The zero-order valence-electron chi connectivity index (χ0n) is 10.9. The molecule has 0 radical (unpaired) electrons. The number of hydrogen-bond acceptors (Lipinski definition) is 1. The lowest BCUT2D eigenvalue weighted by molar-refractivity contribution is -0.917. The molecule has 2 N–H and O–H groups in total. The van der Waals surface area contributed by atoms with Crippen LogP contribution in [0.15, 0.2) is 30.3 Å². The van der Waals surface area contributed by atoms with E-state index in [1.165, 1.54) is 25.9 Å². The van der Waals surface area contributed by atoms with Crippen LogP contribution in [0, 0.1) is 5.92 Å². The van der Waals surface area contributed by atoms with Gasteiger partial charge < -0.3 is 10.0 Å². The Morgan fingerprint density at radius 3 is 2.65 bits per heavy atom. The van der Waals surface area contributed by atoms with Gasteiger partial charge in [-0.15, -0.1) is 0 Å². The third-order valence-corrected chi connectivity index (χ3v) is 4.26. The van der Waals surface area contributed by atoms with Crippen molar-refractivity contribution in [1.82, 2.24) is 0 Å². The Labute approximate surface area is 104 Å². The summed E-state index contributed by atoms with van der Waals surface area (Å²) in [5.41, 5.74) is 1.05. The molecule has 1 aliphatic rings. The maximum Gasteiger partial charge on any atom is 0.130 e. The van der Waals surface area contributed by atoms with Crippen LogP contribution in [-0.2, 0) is 0 Å². The van der Waals surface area contributed by atoms with Crippen molar-refractivity contribution in [3.63, 3.8) is 0 Å². The lowest BCUT2D eigenvalue weighted by atomic mass is 10.0. The standard InChI is InChI=1S/C15H23NO/c1-3-13-9-10-16(11-13)12(2)15(17)14-7-5-4-6-8-14/h4-8,12-13,15,17H,3,9-11H2,1-2H3/p+1/t12-,13+,15-/m0/s1. The first kappa shape index (κ1) is 12.6. The second-order valence-electron chi connectivity index (χ2n) is 5.32. The molecule has 0 aliphatic carbocycles. The largest absolute Gasteiger partial charge is 0.382 e. The zero-order valence-corrected chi connectivity index (χ0v) is 10.9. The van der Waals surface area contributed by atoms with Gasteiger partial charge in [0, 0.05) is 12.3 Å². The number of quaternary nitrogens is 1. The topological polar surface area (TPSA) is 24.7 Å². The molecule has 0 bridgehead atoms. The molecule has 4 atom stereocenters. The lowest BCUT2D eigenvalue weighted by Gasteiger charge is -2.26. The molecule has 0 saturated carbocycles. The van der Waals surface area contributed by atoms with Gasteiger partial charge in [-0.1, -0.05) is 37.3 Å². The van der Waals surface area contributed by atoms with Crippen molar-refractivity contribution < 1.29 is 10.0 Å². The van der Waals surface area contributed by atoms with E-state index in [4.69, 9.17) is 0 Å². The Hall–Kier alpha value is -0.860. The van der Waals surface area contributed by atoms with E-state index in [-0.39, 0.29) is 6.10 Å². The van der Waals surface area contributed by atoms with Crippen LogP contribution in [0.4, 0.5) is 0 Å². The van der Waals surface area contributed by atoms with Gasteiger partial charge in [-0.2, -0.15) is 0 Å². The number of aliphatic hydroxyl groups is 1. The molecular formula is C15H24NO+. The minimum atomic E-state index is -0.332. The van der Waals surface area contributed by atoms with Crippen LogP contribution in [0.3, 0.4) is 0 Å². The van der Waals surface area contributed by atoms with E-state index >= 15 is 0 Å². The molecule has 0 spiro atoms. The van der Waals surface area contributed by atoms with Gasteiger partial charge in [-0.05, 0) is 18.9 Å². The average molecular weight is 234 g/mol. The summed E-state index contributed by atoms with van der Waals surface area (Å²) in [6.45, 7) is 6.88. The van der Waals surface area contributed by atoms with E-state index in [0.29, 0.717) is 6.04 Å². The second-order valence-corrected chi connectivity index (χ2v) is 5.32. The van der Waals surface area contributed by atoms with Crippen molar-refractivity contribution in [3.05, 3.63) is 35.9 Å². The van der Waals surface area contributed by atoms with E-state index < -0.39 is 0 Å². The van der Waals surface area contributed by atoms with Gasteiger partial charge in [0.2, 0.25) is 0 Å². The van der Waals surface area contributed by atoms with Crippen molar-refractivity contribution in [3.8, 4) is 0 Å². The fourth-order valence-corrected chi connectivity index (χ4v) is 2.89. The highest BCUT2D eigenvalue weighted by Crippen LogP contribution is 2.16. The van der Waals surface area contributed by atoms with Gasteiger partial charge in [0.15, 0.2) is 0 Å². The highest BCUT2D eigenvalue weighted by molar-refractivity contribution is 5.17. The van der Waals surface area contributed by atoms with Crippen molar-refractivity contribution >= 4 is 0 Å². The molecule has 2 rings (SSSR count). The molecular weight excluding hydrogens is 210 g/mol. The van der Waals surface area contributed by atoms with Gasteiger partial charge in [-0.25, -0.2) is 0 Å². The van der Waals surface area contributed by atoms with Gasteiger partial charge in [0.25, 0.3) is 0 Å². The summed E-state index contributed by atoms with van der Waals surface area (Å²) in [6.07, 6.45) is 2.26. The van der Waals surface area contributed by atoms with Crippen LogP contribution in [0.5, 0.6) is 0 Å². The van der Waals surface area contributed by atoms with Crippen LogP contribution in [-0.4, -0.2) is 24.2 Å². The molecule has 2 heteroatoms. The Morgan fingerprint density at radius 2 is 2.06 bits per heavy atom. The molecule has 0 amide bonds. The second kappa shape index (κ2) is 5.65. The number of likely N-dealkylation sites (tertiary alicyclic amines) is 1. The molecule has 2 nitrogen and oxygen atoms in total. The minimum absolute atomic E-state index is 0.300. The monoisotopic (exact) mass is 234 g/mol.